The second-order valence-corrected chi connectivity index (χ2v) is 4.06. The minimum Gasteiger partial charge on any atom is -0.493 e. The molecule has 3 heteroatoms. The van der Waals surface area contributed by atoms with Crippen molar-refractivity contribution in [1.82, 2.24) is 0 Å². The Morgan fingerprint density at radius 1 is 1.40 bits per heavy atom. The molecule has 0 aromatic heterocycles. The van der Waals surface area contributed by atoms with Crippen molar-refractivity contribution < 1.29 is 4.74 Å². The highest BCUT2D eigenvalue weighted by Gasteiger charge is 1.99. The Balaban J connectivity index is 2.41. The smallest absolute Gasteiger partial charge is 0.122 e. The van der Waals surface area contributed by atoms with Crippen molar-refractivity contribution >= 4 is 16.8 Å². The Bertz CT molecular complexity index is 336. The Hall–Kier alpha value is -0.960. The van der Waals surface area contributed by atoms with Gasteiger partial charge in [0.05, 0.1) is 11.7 Å². The topological polar surface area (TPSA) is 21.6 Å². The van der Waals surface area contributed by atoms with Gasteiger partial charge in [0.2, 0.25) is 0 Å². The minimum absolute atomic E-state index is 0.693. The molecule has 82 valence electrons. The molecule has 15 heavy (non-hydrogen) atoms. The van der Waals surface area contributed by atoms with E-state index in [0.29, 0.717) is 6.61 Å². The molecule has 0 spiro atoms. The first-order chi connectivity index (χ1) is 7.27. The average Bonchev–Trinajstić information content (AvgIpc) is 2.27. The number of rotatable bonds is 4. The molecule has 1 aromatic rings. The molecule has 0 saturated heterocycles. The Morgan fingerprint density at radius 3 is 2.73 bits per heavy atom. The van der Waals surface area contributed by atoms with Crippen molar-refractivity contribution in [3.05, 3.63) is 29.8 Å². The van der Waals surface area contributed by atoms with E-state index in [4.69, 9.17) is 4.74 Å². The summed E-state index contributed by atoms with van der Waals surface area (Å²) in [6.07, 6.45) is 2.92. The highest BCUT2D eigenvalue weighted by atomic mass is 32.2. The van der Waals surface area contributed by atoms with Crippen LogP contribution in [0, 0.1) is 6.92 Å². The van der Waals surface area contributed by atoms with E-state index in [1.807, 2.05) is 31.5 Å². The summed E-state index contributed by atoms with van der Waals surface area (Å²) in [5.41, 5.74) is 1.18. The summed E-state index contributed by atoms with van der Waals surface area (Å²) >= 11 is 1.68. The van der Waals surface area contributed by atoms with Crippen LogP contribution in [0.1, 0.15) is 12.0 Å². The van der Waals surface area contributed by atoms with Crippen LogP contribution >= 0.6 is 11.8 Å². The fourth-order valence-electron chi connectivity index (χ4n) is 1.27. The van der Waals surface area contributed by atoms with Gasteiger partial charge in [-0.15, -0.1) is 11.8 Å². The minimum atomic E-state index is 0.693. The second-order valence-electron chi connectivity index (χ2n) is 3.19. The van der Waals surface area contributed by atoms with Gasteiger partial charge >= 0.3 is 0 Å². The molecule has 0 N–H and O–H groups in total. The average molecular weight is 223 g/mol. The molecule has 0 heterocycles. The number of hydrogen-bond acceptors (Lipinski definition) is 3. The SMILES string of the molecule is CN=C(CCOc1ccccc1C)SC. The molecule has 0 bridgehead atoms. The number of ether oxygens (including phenoxy) is 1. The fourth-order valence-corrected chi connectivity index (χ4v) is 1.74. The molecule has 0 radical (unpaired) electrons. The number of benzene rings is 1. The summed E-state index contributed by atoms with van der Waals surface area (Å²) in [5.74, 6) is 0.967. The van der Waals surface area contributed by atoms with Gasteiger partial charge in [-0.3, -0.25) is 4.99 Å². The summed E-state index contributed by atoms with van der Waals surface area (Å²) in [6.45, 7) is 2.75. The van der Waals surface area contributed by atoms with Gasteiger partial charge in [-0.1, -0.05) is 18.2 Å². The lowest BCUT2D eigenvalue weighted by atomic mass is 10.2. The van der Waals surface area contributed by atoms with E-state index in [1.54, 1.807) is 11.8 Å². The first kappa shape index (κ1) is 12.1. The van der Waals surface area contributed by atoms with Crippen LogP contribution in [0.3, 0.4) is 0 Å². The zero-order valence-electron chi connectivity index (χ0n) is 9.49. The van der Waals surface area contributed by atoms with E-state index in [0.717, 1.165) is 17.2 Å². The molecule has 1 aromatic carbocycles. The van der Waals surface area contributed by atoms with Crippen LogP contribution in [0.15, 0.2) is 29.3 Å². The van der Waals surface area contributed by atoms with E-state index in [-0.39, 0.29) is 0 Å². The quantitative estimate of drug-likeness (QED) is 0.577. The molecule has 0 saturated carbocycles. The second kappa shape index (κ2) is 6.51. The summed E-state index contributed by atoms with van der Waals surface area (Å²) < 4.78 is 5.68. The summed E-state index contributed by atoms with van der Waals surface area (Å²) in [4.78, 5) is 4.16. The van der Waals surface area contributed by atoms with Crippen LogP contribution < -0.4 is 4.74 Å². The normalized spacial score (nSPS) is 11.5. The van der Waals surface area contributed by atoms with E-state index >= 15 is 0 Å². The fraction of sp³-hybridized carbons (Fsp3) is 0.417. The Labute approximate surface area is 95.8 Å². The molecule has 0 atom stereocenters. The van der Waals surface area contributed by atoms with Gasteiger partial charge in [-0.05, 0) is 24.8 Å². The molecule has 2 nitrogen and oxygen atoms in total. The van der Waals surface area contributed by atoms with Crippen molar-refractivity contribution in [3.63, 3.8) is 0 Å². The van der Waals surface area contributed by atoms with Gasteiger partial charge in [0.15, 0.2) is 0 Å². The van der Waals surface area contributed by atoms with Crippen molar-refractivity contribution in [2.45, 2.75) is 13.3 Å². The summed E-state index contributed by atoms with van der Waals surface area (Å²) in [7, 11) is 1.82. The maximum atomic E-state index is 5.68. The molecular weight excluding hydrogens is 206 g/mol. The maximum absolute atomic E-state index is 5.68. The predicted molar refractivity (Wildman–Crippen MR) is 68.2 cm³/mol. The number of hydrogen-bond donors (Lipinski definition) is 0. The van der Waals surface area contributed by atoms with Crippen molar-refractivity contribution in [2.75, 3.05) is 19.9 Å². The van der Waals surface area contributed by atoms with Crippen molar-refractivity contribution in [1.29, 1.82) is 0 Å². The monoisotopic (exact) mass is 223 g/mol. The molecule has 0 aliphatic rings. The molecule has 1 rings (SSSR count). The molecule has 0 unspecified atom stereocenters. The third-order valence-electron chi connectivity index (χ3n) is 2.15. The van der Waals surface area contributed by atoms with Crippen LogP contribution in [-0.2, 0) is 0 Å². The van der Waals surface area contributed by atoms with E-state index < -0.39 is 0 Å². The molecule has 0 fully saturated rings. The van der Waals surface area contributed by atoms with Crippen LogP contribution in [0.5, 0.6) is 5.75 Å². The lowest BCUT2D eigenvalue weighted by Gasteiger charge is -2.08. The lowest BCUT2D eigenvalue weighted by Crippen LogP contribution is -2.03. The number of para-hydroxylation sites is 1. The number of nitrogens with zero attached hydrogens (tertiary/aromatic N) is 1. The Morgan fingerprint density at radius 2 is 2.13 bits per heavy atom. The standard InChI is InChI=1S/C12H17NOS/c1-10-6-4-5-7-11(10)14-9-8-12(13-2)15-3/h4-7H,8-9H2,1-3H3. The lowest BCUT2D eigenvalue weighted by molar-refractivity contribution is 0.327. The molecule has 0 amide bonds. The highest BCUT2D eigenvalue weighted by Crippen LogP contribution is 2.16. The zero-order chi connectivity index (χ0) is 11.1. The summed E-state index contributed by atoms with van der Waals surface area (Å²) in [6, 6.07) is 8.06. The van der Waals surface area contributed by atoms with Crippen LogP contribution in [-0.4, -0.2) is 25.0 Å². The van der Waals surface area contributed by atoms with Gasteiger partial charge < -0.3 is 4.74 Å². The highest BCUT2D eigenvalue weighted by molar-refractivity contribution is 8.13. The number of aliphatic imine (C=N–C) groups is 1. The van der Waals surface area contributed by atoms with E-state index in [1.165, 1.54) is 5.56 Å². The largest absolute Gasteiger partial charge is 0.493 e. The van der Waals surface area contributed by atoms with Crippen molar-refractivity contribution in [3.8, 4) is 5.75 Å². The molecular formula is C12H17NOS. The van der Waals surface area contributed by atoms with Crippen LogP contribution in [0.25, 0.3) is 0 Å². The molecule has 0 aliphatic heterocycles. The van der Waals surface area contributed by atoms with Crippen molar-refractivity contribution in [2.24, 2.45) is 4.99 Å². The third kappa shape index (κ3) is 3.96. The van der Waals surface area contributed by atoms with Gasteiger partial charge in [0.25, 0.3) is 0 Å². The van der Waals surface area contributed by atoms with Gasteiger partial charge in [-0.25, -0.2) is 0 Å². The first-order valence-electron chi connectivity index (χ1n) is 4.96. The van der Waals surface area contributed by atoms with E-state index in [9.17, 15) is 0 Å². The van der Waals surface area contributed by atoms with Crippen LogP contribution in [0.2, 0.25) is 0 Å². The maximum Gasteiger partial charge on any atom is 0.122 e. The number of aryl methyl sites for hydroxylation is 1. The predicted octanol–water partition coefficient (Wildman–Crippen LogP) is 3.16. The third-order valence-corrected chi connectivity index (χ3v) is 3.01. The first-order valence-corrected chi connectivity index (χ1v) is 6.18. The molecule has 0 aliphatic carbocycles. The van der Waals surface area contributed by atoms with Gasteiger partial charge in [0.1, 0.15) is 5.75 Å². The number of thioether (sulfide) groups is 1. The zero-order valence-corrected chi connectivity index (χ0v) is 10.3. The van der Waals surface area contributed by atoms with Gasteiger partial charge in [0, 0.05) is 13.5 Å². The van der Waals surface area contributed by atoms with Crippen LogP contribution in [0.4, 0.5) is 0 Å². The Kier molecular flexibility index (Phi) is 5.26. The summed E-state index contributed by atoms with van der Waals surface area (Å²) in [5, 5.41) is 1.13. The van der Waals surface area contributed by atoms with Gasteiger partial charge in [-0.2, -0.15) is 0 Å². The van der Waals surface area contributed by atoms with E-state index in [2.05, 4.69) is 18.0 Å².